The zero-order valence-electron chi connectivity index (χ0n) is 41.0. The van der Waals surface area contributed by atoms with Crippen molar-refractivity contribution in [2.45, 2.75) is 129 Å². The van der Waals surface area contributed by atoms with Crippen molar-refractivity contribution >= 4 is 68.6 Å². The van der Waals surface area contributed by atoms with Crippen molar-refractivity contribution in [3.05, 3.63) is 173 Å². The number of benzene rings is 7. The fourth-order valence-electron chi connectivity index (χ4n) is 13.3. The van der Waals surface area contributed by atoms with Crippen LogP contribution in [-0.4, -0.2) is 12.3 Å². The summed E-state index contributed by atoms with van der Waals surface area (Å²) in [5, 5.41) is 0. The summed E-state index contributed by atoms with van der Waals surface area (Å²) in [5.74, 6) is 0. The van der Waals surface area contributed by atoms with Crippen LogP contribution in [0.2, 0.25) is 0 Å². The topological polar surface area (TPSA) is 9.72 Å². The Balaban J connectivity index is 1.19. The molecule has 12 rings (SSSR count). The van der Waals surface area contributed by atoms with Crippen LogP contribution in [-0.2, 0) is 21.7 Å². The summed E-state index contributed by atoms with van der Waals surface area (Å²) >= 11 is 0. The normalized spacial score (nSPS) is 20.8. The molecule has 2 unspecified atom stereocenters. The maximum atomic E-state index is 2.81. The van der Waals surface area contributed by atoms with Crippen LogP contribution in [0.3, 0.4) is 0 Å². The number of hydrogen-bond acceptors (Lipinski definition) is 3. The Morgan fingerprint density at radius 3 is 1.65 bits per heavy atom. The highest BCUT2D eigenvalue weighted by molar-refractivity contribution is 7.01. The van der Waals surface area contributed by atoms with E-state index in [9.17, 15) is 0 Å². The first kappa shape index (κ1) is 41.4. The Morgan fingerprint density at radius 1 is 0.455 bits per heavy atom. The molecule has 1 saturated carbocycles. The van der Waals surface area contributed by atoms with Gasteiger partial charge >= 0.3 is 0 Å². The maximum Gasteiger partial charge on any atom is 0.252 e. The molecule has 0 amide bonds. The lowest BCUT2D eigenvalue weighted by Gasteiger charge is -2.52. The molecule has 3 nitrogen and oxygen atoms in total. The Hall–Kier alpha value is -6.00. The monoisotopic (exact) mass is 862 g/mol. The number of anilines is 8. The highest BCUT2D eigenvalue weighted by atomic mass is 15.3. The number of fused-ring (bicyclic) bond motifs is 3. The second-order valence-electron chi connectivity index (χ2n) is 23.5. The molecule has 66 heavy (non-hydrogen) atoms. The molecule has 0 aromatic heterocycles. The lowest BCUT2D eigenvalue weighted by atomic mass is 9.28. The first-order valence-electron chi connectivity index (χ1n) is 24.7. The number of rotatable bonds is 4. The summed E-state index contributed by atoms with van der Waals surface area (Å²) in [6.45, 7) is 26.4. The van der Waals surface area contributed by atoms with Gasteiger partial charge < -0.3 is 14.7 Å². The van der Waals surface area contributed by atoms with Crippen LogP contribution in [0, 0.1) is 6.92 Å². The zero-order valence-corrected chi connectivity index (χ0v) is 41.0. The molecule has 0 bridgehead atoms. The molecule has 0 radical (unpaired) electrons. The third-order valence-corrected chi connectivity index (χ3v) is 17.1. The van der Waals surface area contributed by atoms with Crippen LogP contribution in [0.5, 0.6) is 0 Å². The van der Waals surface area contributed by atoms with E-state index in [-0.39, 0.29) is 33.9 Å². The molecule has 4 heterocycles. The first-order valence-corrected chi connectivity index (χ1v) is 24.7. The van der Waals surface area contributed by atoms with Crippen molar-refractivity contribution in [2.24, 2.45) is 0 Å². The molecule has 7 aromatic rings. The molecular formula is C62H64BN3. The third-order valence-electron chi connectivity index (χ3n) is 17.1. The first-order chi connectivity index (χ1) is 31.4. The summed E-state index contributed by atoms with van der Waals surface area (Å²) in [6.07, 6.45) is 4.78. The van der Waals surface area contributed by atoms with Crippen LogP contribution in [0.25, 0.3) is 11.1 Å². The second-order valence-corrected chi connectivity index (χ2v) is 23.5. The van der Waals surface area contributed by atoms with Gasteiger partial charge in [-0.05, 0) is 159 Å². The molecule has 4 heteroatoms. The average molecular weight is 862 g/mol. The summed E-state index contributed by atoms with van der Waals surface area (Å²) in [7, 11) is 0. The van der Waals surface area contributed by atoms with Crippen LogP contribution in [0.1, 0.15) is 128 Å². The van der Waals surface area contributed by atoms with E-state index in [1.165, 1.54) is 126 Å². The fourth-order valence-corrected chi connectivity index (χ4v) is 13.3. The molecule has 1 fully saturated rings. The summed E-state index contributed by atoms with van der Waals surface area (Å²) in [5.41, 5.74) is 25.2. The Labute approximate surface area is 394 Å². The van der Waals surface area contributed by atoms with E-state index in [1.807, 2.05) is 0 Å². The van der Waals surface area contributed by atoms with Gasteiger partial charge in [-0.15, -0.1) is 0 Å². The summed E-state index contributed by atoms with van der Waals surface area (Å²) in [6, 6.07) is 54.8. The van der Waals surface area contributed by atoms with Crippen molar-refractivity contribution in [2.75, 3.05) is 14.7 Å². The molecule has 0 spiro atoms. The zero-order chi connectivity index (χ0) is 45.9. The van der Waals surface area contributed by atoms with Gasteiger partial charge in [0, 0.05) is 56.3 Å². The lowest BCUT2D eigenvalue weighted by Crippen LogP contribution is -2.67. The van der Waals surface area contributed by atoms with Crippen molar-refractivity contribution < 1.29 is 0 Å². The molecule has 4 aliphatic heterocycles. The smallest absolute Gasteiger partial charge is 0.252 e. The van der Waals surface area contributed by atoms with E-state index < -0.39 is 0 Å². The van der Waals surface area contributed by atoms with E-state index in [1.54, 1.807) is 0 Å². The molecular weight excluding hydrogens is 798 g/mol. The summed E-state index contributed by atoms with van der Waals surface area (Å²) in [4.78, 5) is 8.11. The van der Waals surface area contributed by atoms with Crippen molar-refractivity contribution in [3.63, 3.8) is 0 Å². The van der Waals surface area contributed by atoms with Gasteiger partial charge in [0.15, 0.2) is 0 Å². The van der Waals surface area contributed by atoms with Gasteiger partial charge in [0.25, 0.3) is 6.71 Å². The highest BCUT2D eigenvalue weighted by Crippen LogP contribution is 2.62. The van der Waals surface area contributed by atoms with E-state index in [0.717, 1.165) is 6.42 Å². The van der Waals surface area contributed by atoms with E-state index in [4.69, 9.17) is 0 Å². The van der Waals surface area contributed by atoms with Gasteiger partial charge in [-0.25, -0.2) is 0 Å². The van der Waals surface area contributed by atoms with E-state index in [2.05, 4.69) is 230 Å². The van der Waals surface area contributed by atoms with Crippen molar-refractivity contribution in [3.8, 4) is 11.1 Å². The SMILES string of the molecule is Cc1cc2c3c(c1)C(C)(C)c1cccc4c1B3c1c(cc(N3c5ccc(-c6ccccc6)cc5C5(C)CCCCC35C)cc1N2c1ccc(C(C)(C)C)cc1)N4c1ccc(C(C)(C)C)cc1. The fraction of sp³-hybridized carbons (Fsp3) is 0.323. The Bertz CT molecular complexity index is 3130. The average Bonchev–Trinajstić information content (AvgIpc) is 3.50. The molecule has 0 N–H and O–H groups in total. The highest BCUT2D eigenvalue weighted by Gasteiger charge is 2.59. The van der Waals surface area contributed by atoms with Gasteiger partial charge in [0.2, 0.25) is 0 Å². The number of nitrogens with zero attached hydrogens (tertiary/aromatic N) is 3. The van der Waals surface area contributed by atoms with Crippen LogP contribution in [0.4, 0.5) is 45.5 Å². The second kappa shape index (κ2) is 13.8. The minimum atomic E-state index is -0.200. The molecule has 5 aliphatic rings. The largest absolute Gasteiger partial charge is 0.334 e. The Morgan fingerprint density at radius 2 is 1.03 bits per heavy atom. The van der Waals surface area contributed by atoms with Gasteiger partial charge in [-0.3, -0.25) is 0 Å². The van der Waals surface area contributed by atoms with Gasteiger partial charge in [-0.2, -0.15) is 0 Å². The van der Waals surface area contributed by atoms with Crippen molar-refractivity contribution in [1.29, 1.82) is 0 Å². The molecule has 1 aliphatic carbocycles. The lowest BCUT2D eigenvalue weighted by molar-refractivity contribution is 0.195. The predicted molar refractivity (Wildman–Crippen MR) is 283 cm³/mol. The Kier molecular flexibility index (Phi) is 8.65. The molecule has 2 atom stereocenters. The third kappa shape index (κ3) is 5.63. The van der Waals surface area contributed by atoms with Crippen LogP contribution < -0.4 is 31.1 Å². The van der Waals surface area contributed by atoms with E-state index in [0.29, 0.717) is 0 Å². The maximum absolute atomic E-state index is 2.81. The molecule has 0 saturated heterocycles. The quantitative estimate of drug-likeness (QED) is 0.163. The molecule has 330 valence electrons. The van der Waals surface area contributed by atoms with E-state index >= 15 is 0 Å². The minimum absolute atomic E-state index is 0.0292. The van der Waals surface area contributed by atoms with Gasteiger partial charge in [0.1, 0.15) is 0 Å². The number of aryl methyl sites for hydroxylation is 1. The predicted octanol–water partition coefficient (Wildman–Crippen LogP) is 14.7. The standard InChI is InChI=1S/C62H64BN3/c1-39-34-49-56-52(35-39)65(45-29-25-43(26-30-45)59(5,6)7)54-38-46(66-50-31-22-41(40-18-13-12-14-19-40)36-48(50)61(10)32-15-16-33-62(61,66)11)37-53-57(54)63(56)55-47(60(49,8)9)20-17-21-51(55)64(53)44-27-23-42(24-28-44)58(2,3)4/h12-14,17-31,34-38H,15-16,32-33H2,1-11H3. The van der Waals surface area contributed by atoms with Crippen molar-refractivity contribution in [1.82, 2.24) is 0 Å². The molecule has 7 aromatic carbocycles. The minimum Gasteiger partial charge on any atom is -0.334 e. The van der Waals surface area contributed by atoms with Crippen LogP contribution >= 0.6 is 0 Å². The van der Waals surface area contributed by atoms with Crippen LogP contribution in [0.15, 0.2) is 140 Å². The van der Waals surface area contributed by atoms with Gasteiger partial charge in [0.05, 0.1) is 5.54 Å². The summed E-state index contributed by atoms with van der Waals surface area (Å²) < 4.78 is 0. The van der Waals surface area contributed by atoms with Gasteiger partial charge in [-0.1, -0.05) is 154 Å². The number of hydrogen-bond donors (Lipinski definition) is 0.